The van der Waals surface area contributed by atoms with E-state index < -0.39 is 11.6 Å². The molecule has 2 nitrogen and oxygen atoms in total. The molecule has 1 atom stereocenters. The molecule has 0 amide bonds. The smallest absolute Gasteiger partial charge is 0.134 e. The van der Waals surface area contributed by atoms with E-state index in [0.29, 0.717) is 5.75 Å². The first-order valence-corrected chi connectivity index (χ1v) is 7.35. The second kappa shape index (κ2) is 7.00. The molecule has 0 bridgehead atoms. The number of halogens is 3. The molecule has 5 heteroatoms. The summed E-state index contributed by atoms with van der Waals surface area (Å²) in [7, 11) is 0. The molecule has 0 aromatic heterocycles. The minimum Gasteiger partial charge on any atom is -0.488 e. The Labute approximate surface area is 131 Å². The molecular formula is C16H16BrF2NO. The fourth-order valence-electron chi connectivity index (χ4n) is 1.97. The number of hydrogen-bond acceptors (Lipinski definition) is 2. The molecule has 2 rings (SSSR count). The van der Waals surface area contributed by atoms with Crippen LogP contribution in [0.2, 0.25) is 0 Å². The summed E-state index contributed by atoms with van der Waals surface area (Å²) in [5, 5.41) is 0. The third kappa shape index (κ3) is 4.51. The van der Waals surface area contributed by atoms with E-state index in [1.54, 1.807) is 6.07 Å². The van der Waals surface area contributed by atoms with Gasteiger partial charge in [-0.25, -0.2) is 8.78 Å². The maximum Gasteiger partial charge on any atom is 0.134 e. The van der Waals surface area contributed by atoms with E-state index >= 15 is 0 Å². The highest BCUT2D eigenvalue weighted by Crippen LogP contribution is 2.27. The summed E-state index contributed by atoms with van der Waals surface area (Å²) in [5.74, 6) is -0.394. The van der Waals surface area contributed by atoms with Crippen molar-refractivity contribution in [2.45, 2.75) is 26.0 Å². The monoisotopic (exact) mass is 355 g/mol. The number of hydrogen-bond donors (Lipinski definition) is 1. The summed E-state index contributed by atoms with van der Waals surface area (Å²) in [6.45, 7) is 1.90. The van der Waals surface area contributed by atoms with E-state index in [-0.39, 0.29) is 18.2 Å². The number of nitrogens with two attached hydrogens (primary N) is 1. The molecular weight excluding hydrogens is 340 g/mol. The van der Waals surface area contributed by atoms with Crippen LogP contribution in [-0.4, -0.2) is 6.04 Å². The molecule has 2 aromatic rings. The molecule has 0 aliphatic rings. The predicted octanol–water partition coefficient (Wildman–Crippen LogP) is 4.20. The van der Waals surface area contributed by atoms with Gasteiger partial charge in [-0.2, -0.15) is 0 Å². The van der Waals surface area contributed by atoms with E-state index in [4.69, 9.17) is 10.5 Å². The summed E-state index contributed by atoms with van der Waals surface area (Å²) < 4.78 is 32.9. The summed E-state index contributed by atoms with van der Waals surface area (Å²) in [4.78, 5) is 0. The maximum atomic E-state index is 13.5. The van der Waals surface area contributed by atoms with E-state index in [2.05, 4.69) is 15.9 Å². The topological polar surface area (TPSA) is 35.2 Å². The Hall–Kier alpha value is -1.46. The zero-order valence-corrected chi connectivity index (χ0v) is 13.2. The molecule has 2 N–H and O–H groups in total. The molecule has 0 saturated heterocycles. The fourth-order valence-corrected chi connectivity index (χ4v) is 2.51. The van der Waals surface area contributed by atoms with Crippen molar-refractivity contribution in [2.24, 2.45) is 5.73 Å². The molecule has 21 heavy (non-hydrogen) atoms. The molecule has 2 aromatic carbocycles. The second-order valence-electron chi connectivity index (χ2n) is 4.97. The van der Waals surface area contributed by atoms with E-state index in [1.165, 1.54) is 0 Å². The summed E-state index contributed by atoms with van der Waals surface area (Å²) in [5.41, 5.74) is 7.02. The van der Waals surface area contributed by atoms with Gasteiger partial charge in [-0.3, -0.25) is 0 Å². The van der Waals surface area contributed by atoms with Gasteiger partial charge < -0.3 is 10.5 Å². The van der Waals surface area contributed by atoms with Crippen molar-refractivity contribution in [2.75, 3.05) is 0 Å². The molecule has 0 heterocycles. The molecule has 0 radical (unpaired) electrons. The molecule has 0 saturated carbocycles. The molecule has 112 valence electrons. The average Bonchev–Trinajstić information content (AvgIpc) is 2.41. The Morgan fingerprint density at radius 3 is 2.62 bits per heavy atom. The standard InChI is InChI=1S/C16H16BrF2NO/c1-10(20)6-11-2-5-16(14(17)7-11)21-9-12-8-13(18)3-4-15(12)19/h2-5,7-8,10H,6,9,20H2,1H3. The van der Waals surface area contributed by atoms with Gasteiger partial charge in [-0.05, 0) is 65.2 Å². The van der Waals surface area contributed by atoms with E-state index in [0.717, 1.165) is 34.7 Å². The lowest BCUT2D eigenvalue weighted by atomic mass is 10.1. The summed E-state index contributed by atoms with van der Waals surface area (Å²) in [6, 6.07) is 9.00. The van der Waals surface area contributed by atoms with Gasteiger partial charge in [0.15, 0.2) is 0 Å². The van der Waals surface area contributed by atoms with E-state index in [1.807, 2.05) is 19.1 Å². The van der Waals surface area contributed by atoms with Crippen LogP contribution < -0.4 is 10.5 Å². The fraction of sp³-hybridized carbons (Fsp3) is 0.250. The van der Waals surface area contributed by atoms with Gasteiger partial charge in [0.25, 0.3) is 0 Å². The lowest BCUT2D eigenvalue weighted by Crippen LogP contribution is -2.17. The van der Waals surface area contributed by atoms with Crippen LogP contribution in [0.1, 0.15) is 18.1 Å². The maximum absolute atomic E-state index is 13.5. The van der Waals surface area contributed by atoms with Gasteiger partial charge in [0.1, 0.15) is 24.0 Å². The highest BCUT2D eigenvalue weighted by molar-refractivity contribution is 9.10. The van der Waals surface area contributed by atoms with Crippen molar-refractivity contribution < 1.29 is 13.5 Å². The SMILES string of the molecule is CC(N)Cc1ccc(OCc2cc(F)ccc2F)c(Br)c1. The summed E-state index contributed by atoms with van der Waals surface area (Å²) >= 11 is 3.41. The first-order chi connectivity index (χ1) is 9.95. The lowest BCUT2D eigenvalue weighted by molar-refractivity contribution is 0.297. The second-order valence-corrected chi connectivity index (χ2v) is 5.82. The Morgan fingerprint density at radius 1 is 1.19 bits per heavy atom. The zero-order valence-electron chi connectivity index (χ0n) is 11.6. The Morgan fingerprint density at radius 2 is 1.95 bits per heavy atom. The van der Waals surface area contributed by atoms with Crippen LogP contribution in [0.25, 0.3) is 0 Å². The molecule has 0 spiro atoms. The summed E-state index contributed by atoms with van der Waals surface area (Å²) in [6.07, 6.45) is 0.761. The highest BCUT2D eigenvalue weighted by Gasteiger charge is 2.08. The predicted molar refractivity (Wildman–Crippen MR) is 82.2 cm³/mol. The Kier molecular flexibility index (Phi) is 5.31. The van der Waals surface area contributed by atoms with Gasteiger partial charge in [-0.15, -0.1) is 0 Å². The molecule has 1 unspecified atom stereocenters. The number of benzene rings is 2. The lowest BCUT2D eigenvalue weighted by Gasteiger charge is -2.11. The van der Waals surface area contributed by atoms with Gasteiger partial charge in [0.05, 0.1) is 4.47 Å². The van der Waals surface area contributed by atoms with Crippen LogP contribution >= 0.6 is 15.9 Å². The quantitative estimate of drug-likeness (QED) is 0.872. The van der Waals surface area contributed by atoms with Crippen LogP contribution in [-0.2, 0) is 13.0 Å². The Balaban J connectivity index is 2.08. The van der Waals surface area contributed by atoms with Crippen molar-refractivity contribution >= 4 is 15.9 Å². The van der Waals surface area contributed by atoms with Crippen molar-refractivity contribution in [1.29, 1.82) is 0 Å². The minimum atomic E-state index is -0.485. The normalized spacial score (nSPS) is 12.2. The van der Waals surface area contributed by atoms with Gasteiger partial charge >= 0.3 is 0 Å². The minimum absolute atomic E-state index is 0.0329. The van der Waals surface area contributed by atoms with Crippen LogP contribution in [0.3, 0.4) is 0 Å². The highest BCUT2D eigenvalue weighted by atomic mass is 79.9. The Bertz CT molecular complexity index is 632. The third-order valence-corrected chi connectivity index (χ3v) is 3.56. The van der Waals surface area contributed by atoms with Crippen molar-refractivity contribution in [1.82, 2.24) is 0 Å². The van der Waals surface area contributed by atoms with Gasteiger partial charge in [0, 0.05) is 11.6 Å². The van der Waals surface area contributed by atoms with Crippen LogP contribution in [0, 0.1) is 11.6 Å². The van der Waals surface area contributed by atoms with E-state index in [9.17, 15) is 8.78 Å². The van der Waals surface area contributed by atoms with Crippen molar-refractivity contribution in [3.8, 4) is 5.75 Å². The first kappa shape index (κ1) is 15.9. The van der Waals surface area contributed by atoms with Crippen LogP contribution in [0.5, 0.6) is 5.75 Å². The number of ether oxygens (including phenoxy) is 1. The van der Waals surface area contributed by atoms with Crippen LogP contribution in [0.15, 0.2) is 40.9 Å². The van der Waals surface area contributed by atoms with Crippen molar-refractivity contribution in [3.63, 3.8) is 0 Å². The molecule has 0 aliphatic carbocycles. The average molecular weight is 356 g/mol. The van der Waals surface area contributed by atoms with Gasteiger partial charge in [0.2, 0.25) is 0 Å². The molecule has 0 fully saturated rings. The van der Waals surface area contributed by atoms with Crippen LogP contribution in [0.4, 0.5) is 8.78 Å². The van der Waals surface area contributed by atoms with Crippen molar-refractivity contribution in [3.05, 3.63) is 63.6 Å². The zero-order chi connectivity index (χ0) is 15.4. The first-order valence-electron chi connectivity index (χ1n) is 6.56. The molecule has 0 aliphatic heterocycles. The number of rotatable bonds is 5. The third-order valence-electron chi connectivity index (χ3n) is 2.94. The van der Waals surface area contributed by atoms with Gasteiger partial charge in [-0.1, -0.05) is 6.07 Å². The largest absolute Gasteiger partial charge is 0.488 e.